The maximum Gasteiger partial charge on any atom is 0.240 e. The van der Waals surface area contributed by atoms with Crippen LogP contribution in [0.25, 0.3) is 0 Å². The number of carbonyl (C=O) groups excluding carboxylic acids is 1. The second-order valence-electron chi connectivity index (χ2n) is 5.65. The smallest absolute Gasteiger partial charge is 0.240 e. The van der Waals surface area contributed by atoms with Gasteiger partial charge in [0, 0.05) is 0 Å². The molecule has 0 aromatic heterocycles. The van der Waals surface area contributed by atoms with E-state index in [9.17, 15) is 9.90 Å². The van der Waals surface area contributed by atoms with Crippen LogP contribution in [0.2, 0.25) is 0 Å². The molecule has 0 saturated heterocycles. The van der Waals surface area contributed by atoms with Crippen molar-refractivity contribution in [3.05, 3.63) is 0 Å². The molecule has 1 amide bonds. The zero-order valence-electron chi connectivity index (χ0n) is 10.9. The van der Waals surface area contributed by atoms with E-state index in [1.807, 2.05) is 0 Å². The molecule has 2 rings (SSSR count). The van der Waals surface area contributed by atoms with Crippen LogP contribution in [0.1, 0.15) is 57.8 Å². The van der Waals surface area contributed by atoms with Gasteiger partial charge in [0.2, 0.25) is 5.91 Å². The topological polar surface area (TPSA) is 75.4 Å². The predicted octanol–water partition coefficient (Wildman–Crippen LogP) is 1.49. The van der Waals surface area contributed by atoms with Gasteiger partial charge < -0.3 is 16.2 Å². The molecular weight excluding hydrogens is 252 g/mol. The van der Waals surface area contributed by atoms with Crippen molar-refractivity contribution in [3.63, 3.8) is 0 Å². The number of amides is 1. The van der Waals surface area contributed by atoms with Crippen molar-refractivity contribution in [1.29, 1.82) is 0 Å². The maximum absolute atomic E-state index is 12.2. The van der Waals surface area contributed by atoms with Gasteiger partial charge in [0.1, 0.15) is 0 Å². The first kappa shape index (κ1) is 15.7. The number of aliphatic hydroxyl groups is 1. The molecule has 18 heavy (non-hydrogen) atoms. The Hall–Kier alpha value is -0.320. The van der Waals surface area contributed by atoms with Gasteiger partial charge in [-0.25, -0.2) is 0 Å². The Morgan fingerprint density at radius 2 is 1.72 bits per heavy atom. The van der Waals surface area contributed by atoms with E-state index in [-0.39, 0.29) is 30.5 Å². The van der Waals surface area contributed by atoms with E-state index in [2.05, 4.69) is 5.32 Å². The molecule has 0 bridgehead atoms. The molecule has 0 aromatic carbocycles. The van der Waals surface area contributed by atoms with E-state index in [4.69, 9.17) is 5.73 Å². The second-order valence-corrected chi connectivity index (χ2v) is 5.65. The summed E-state index contributed by atoms with van der Waals surface area (Å²) in [5.41, 5.74) is 5.49. The van der Waals surface area contributed by atoms with Gasteiger partial charge >= 0.3 is 0 Å². The van der Waals surface area contributed by atoms with Crippen molar-refractivity contribution < 1.29 is 9.90 Å². The standard InChI is InChI=1S/C13H24N2O2.ClH/c14-13(8-4-1-5-9-13)12(17)15-10-6-2-3-7-11(10)16;/h10-11,16H,1-9,14H2,(H,15,17);1H/t10-,11-;/m0./s1. The summed E-state index contributed by atoms with van der Waals surface area (Å²) in [6.07, 6.45) is 8.24. The van der Waals surface area contributed by atoms with Crippen molar-refractivity contribution in [2.75, 3.05) is 0 Å². The predicted molar refractivity (Wildman–Crippen MR) is 73.7 cm³/mol. The van der Waals surface area contributed by atoms with Crippen molar-refractivity contribution in [1.82, 2.24) is 5.32 Å². The lowest BCUT2D eigenvalue weighted by atomic mass is 9.81. The molecule has 2 saturated carbocycles. The summed E-state index contributed by atoms with van der Waals surface area (Å²) in [7, 11) is 0. The van der Waals surface area contributed by atoms with Crippen LogP contribution in [0.3, 0.4) is 0 Å². The highest BCUT2D eigenvalue weighted by Gasteiger charge is 2.37. The molecule has 0 unspecified atom stereocenters. The van der Waals surface area contributed by atoms with Crippen LogP contribution in [0.5, 0.6) is 0 Å². The molecule has 5 heteroatoms. The molecule has 4 nitrogen and oxygen atoms in total. The number of hydrogen-bond donors (Lipinski definition) is 3. The summed E-state index contributed by atoms with van der Waals surface area (Å²) in [6, 6.07) is -0.0846. The van der Waals surface area contributed by atoms with Gasteiger partial charge in [-0.2, -0.15) is 0 Å². The van der Waals surface area contributed by atoms with Crippen molar-refractivity contribution in [3.8, 4) is 0 Å². The van der Waals surface area contributed by atoms with Gasteiger partial charge in [-0.1, -0.05) is 32.1 Å². The largest absolute Gasteiger partial charge is 0.391 e. The van der Waals surface area contributed by atoms with Crippen molar-refractivity contribution in [2.45, 2.75) is 75.5 Å². The van der Waals surface area contributed by atoms with Crippen LogP contribution in [0.4, 0.5) is 0 Å². The summed E-state index contributed by atoms with van der Waals surface area (Å²) < 4.78 is 0. The van der Waals surface area contributed by atoms with Crippen LogP contribution in [-0.2, 0) is 4.79 Å². The molecule has 0 heterocycles. The van der Waals surface area contributed by atoms with E-state index < -0.39 is 5.54 Å². The lowest BCUT2D eigenvalue weighted by Gasteiger charge is -2.35. The van der Waals surface area contributed by atoms with Gasteiger partial charge in [0.25, 0.3) is 0 Å². The molecule has 2 atom stereocenters. The maximum atomic E-state index is 12.2. The van der Waals surface area contributed by atoms with E-state index in [1.54, 1.807) is 0 Å². The average molecular weight is 277 g/mol. The van der Waals surface area contributed by atoms with Gasteiger partial charge in [-0.3, -0.25) is 4.79 Å². The summed E-state index contributed by atoms with van der Waals surface area (Å²) in [6.45, 7) is 0. The minimum absolute atomic E-state index is 0. The number of halogens is 1. The van der Waals surface area contributed by atoms with Gasteiger partial charge in [0.05, 0.1) is 17.7 Å². The molecule has 4 N–H and O–H groups in total. The first-order chi connectivity index (χ1) is 8.12. The van der Waals surface area contributed by atoms with Crippen LogP contribution in [0, 0.1) is 0 Å². The molecule has 106 valence electrons. The van der Waals surface area contributed by atoms with Crippen molar-refractivity contribution >= 4 is 18.3 Å². The first-order valence-corrected chi connectivity index (χ1v) is 6.90. The quantitative estimate of drug-likeness (QED) is 0.715. The number of nitrogens with one attached hydrogen (secondary N) is 1. The summed E-state index contributed by atoms with van der Waals surface area (Å²) in [4.78, 5) is 12.2. The minimum Gasteiger partial charge on any atom is -0.391 e. The third-order valence-electron chi connectivity index (χ3n) is 4.24. The Morgan fingerprint density at radius 1 is 1.11 bits per heavy atom. The Bertz CT molecular complexity index is 280. The van der Waals surface area contributed by atoms with Gasteiger partial charge in [-0.05, 0) is 25.7 Å². The highest BCUT2D eigenvalue weighted by molar-refractivity contribution is 5.86. The van der Waals surface area contributed by atoms with E-state index in [0.29, 0.717) is 0 Å². The third kappa shape index (κ3) is 3.59. The summed E-state index contributed by atoms with van der Waals surface area (Å²) in [5, 5.41) is 12.8. The SMILES string of the molecule is Cl.NC1(C(=O)N[C@H]2CCCC[C@@H]2O)CCCCC1. The molecule has 2 aliphatic rings. The molecular formula is C13H25ClN2O2. The van der Waals surface area contributed by atoms with E-state index in [1.165, 1.54) is 6.42 Å². The van der Waals surface area contributed by atoms with Crippen LogP contribution in [0.15, 0.2) is 0 Å². The Morgan fingerprint density at radius 3 is 2.33 bits per heavy atom. The first-order valence-electron chi connectivity index (χ1n) is 6.90. The molecule has 2 aliphatic carbocycles. The fourth-order valence-electron chi connectivity index (χ4n) is 3.00. The highest BCUT2D eigenvalue weighted by atomic mass is 35.5. The zero-order valence-corrected chi connectivity index (χ0v) is 11.7. The monoisotopic (exact) mass is 276 g/mol. The average Bonchev–Trinajstić information content (AvgIpc) is 2.33. The number of carbonyl (C=O) groups is 1. The third-order valence-corrected chi connectivity index (χ3v) is 4.24. The van der Waals surface area contributed by atoms with Crippen LogP contribution >= 0.6 is 12.4 Å². The second kappa shape index (κ2) is 6.73. The lowest BCUT2D eigenvalue weighted by Crippen LogP contribution is -2.59. The number of nitrogens with two attached hydrogens (primary N) is 1. The zero-order chi connectivity index (χ0) is 12.3. The number of rotatable bonds is 2. The van der Waals surface area contributed by atoms with Crippen molar-refractivity contribution in [2.24, 2.45) is 5.73 Å². The number of aliphatic hydroxyl groups excluding tert-OH is 1. The fraction of sp³-hybridized carbons (Fsp3) is 0.923. The van der Waals surface area contributed by atoms with Gasteiger partial charge in [-0.15, -0.1) is 12.4 Å². The van der Waals surface area contributed by atoms with E-state index in [0.717, 1.165) is 51.4 Å². The lowest BCUT2D eigenvalue weighted by molar-refractivity contribution is -0.129. The Balaban J connectivity index is 0.00000162. The molecule has 0 aromatic rings. The number of hydrogen-bond acceptors (Lipinski definition) is 3. The normalized spacial score (nSPS) is 31.2. The summed E-state index contributed by atoms with van der Waals surface area (Å²) >= 11 is 0. The molecule has 0 aliphatic heterocycles. The van der Waals surface area contributed by atoms with Crippen LogP contribution in [-0.4, -0.2) is 28.7 Å². The van der Waals surface area contributed by atoms with E-state index >= 15 is 0 Å². The molecule has 0 spiro atoms. The molecule has 2 fully saturated rings. The minimum atomic E-state index is -0.685. The summed E-state index contributed by atoms with van der Waals surface area (Å²) in [5.74, 6) is -0.0526. The Kier molecular flexibility index (Phi) is 5.89. The fourth-order valence-corrected chi connectivity index (χ4v) is 3.00. The van der Waals surface area contributed by atoms with Gasteiger partial charge in [0.15, 0.2) is 0 Å². The van der Waals surface area contributed by atoms with Crippen LogP contribution < -0.4 is 11.1 Å². The molecule has 0 radical (unpaired) electrons. The Labute approximate surface area is 115 Å². The highest BCUT2D eigenvalue weighted by Crippen LogP contribution is 2.27.